The SMILES string of the molecule is Cc1ccccc1-n1ccnc1SC(C)C(=O)Nc1ccc2c(c1)OCO2. The number of aromatic nitrogens is 2. The summed E-state index contributed by atoms with van der Waals surface area (Å²) >= 11 is 1.42. The molecule has 4 rings (SSSR count). The molecule has 0 spiro atoms. The molecule has 0 bridgehead atoms. The first kappa shape index (κ1) is 17.5. The van der Waals surface area contributed by atoms with Crippen LogP contribution in [0.3, 0.4) is 0 Å². The fourth-order valence-corrected chi connectivity index (χ4v) is 3.70. The molecule has 6 nitrogen and oxygen atoms in total. The lowest BCUT2D eigenvalue weighted by Gasteiger charge is -2.14. The maximum absolute atomic E-state index is 12.6. The number of imidazole rings is 1. The molecular formula is C20H19N3O3S. The molecule has 0 radical (unpaired) electrons. The van der Waals surface area contributed by atoms with E-state index < -0.39 is 0 Å². The summed E-state index contributed by atoms with van der Waals surface area (Å²) in [4.78, 5) is 17.0. The van der Waals surface area contributed by atoms with E-state index in [0.29, 0.717) is 17.2 Å². The van der Waals surface area contributed by atoms with E-state index in [1.54, 1.807) is 24.4 Å². The van der Waals surface area contributed by atoms with Crippen LogP contribution in [0.4, 0.5) is 5.69 Å². The number of hydrogen-bond acceptors (Lipinski definition) is 5. The zero-order valence-corrected chi connectivity index (χ0v) is 15.8. The Morgan fingerprint density at radius 2 is 2.04 bits per heavy atom. The molecular weight excluding hydrogens is 362 g/mol. The summed E-state index contributed by atoms with van der Waals surface area (Å²) in [6, 6.07) is 13.5. The molecule has 2 aromatic carbocycles. The van der Waals surface area contributed by atoms with Crippen LogP contribution in [0.5, 0.6) is 11.5 Å². The van der Waals surface area contributed by atoms with E-state index in [2.05, 4.69) is 23.3 Å². The fraction of sp³-hybridized carbons (Fsp3) is 0.200. The van der Waals surface area contributed by atoms with E-state index in [9.17, 15) is 4.79 Å². The van der Waals surface area contributed by atoms with E-state index in [0.717, 1.165) is 16.4 Å². The van der Waals surface area contributed by atoms with Crippen molar-refractivity contribution in [3.8, 4) is 17.2 Å². The molecule has 7 heteroatoms. The molecule has 27 heavy (non-hydrogen) atoms. The average Bonchev–Trinajstić information content (AvgIpc) is 3.31. The van der Waals surface area contributed by atoms with Gasteiger partial charge in [0.2, 0.25) is 12.7 Å². The van der Waals surface area contributed by atoms with Gasteiger partial charge in [-0.1, -0.05) is 30.0 Å². The number of nitrogens with zero attached hydrogens (tertiary/aromatic N) is 2. The highest BCUT2D eigenvalue weighted by Crippen LogP contribution is 2.34. The zero-order chi connectivity index (χ0) is 18.8. The summed E-state index contributed by atoms with van der Waals surface area (Å²) in [5.41, 5.74) is 2.88. The van der Waals surface area contributed by atoms with Gasteiger partial charge < -0.3 is 14.8 Å². The van der Waals surface area contributed by atoms with Gasteiger partial charge in [-0.15, -0.1) is 0 Å². The molecule has 138 valence electrons. The number of rotatable bonds is 5. The number of aryl methyl sites for hydroxylation is 1. The molecule has 0 aliphatic carbocycles. The van der Waals surface area contributed by atoms with Crippen molar-refractivity contribution in [3.63, 3.8) is 0 Å². The topological polar surface area (TPSA) is 65.4 Å². The minimum Gasteiger partial charge on any atom is -0.454 e. The van der Waals surface area contributed by atoms with Crippen LogP contribution in [0.15, 0.2) is 60.0 Å². The smallest absolute Gasteiger partial charge is 0.237 e. The van der Waals surface area contributed by atoms with Gasteiger partial charge in [0.1, 0.15) is 0 Å². The Balaban J connectivity index is 1.47. The maximum atomic E-state index is 12.6. The molecule has 1 atom stereocenters. The van der Waals surface area contributed by atoms with E-state index in [1.165, 1.54) is 11.8 Å². The normalized spacial score (nSPS) is 13.4. The first-order valence-corrected chi connectivity index (χ1v) is 9.46. The van der Waals surface area contributed by atoms with Gasteiger partial charge in [-0.25, -0.2) is 4.98 Å². The van der Waals surface area contributed by atoms with Crippen LogP contribution in [0.2, 0.25) is 0 Å². The Morgan fingerprint density at radius 3 is 2.89 bits per heavy atom. The first-order chi connectivity index (χ1) is 13.1. The first-order valence-electron chi connectivity index (χ1n) is 8.58. The number of carbonyl (C=O) groups excluding carboxylic acids is 1. The second kappa shape index (κ2) is 7.36. The summed E-state index contributed by atoms with van der Waals surface area (Å²) in [6.45, 7) is 4.13. The Kier molecular flexibility index (Phi) is 4.77. The fourth-order valence-electron chi connectivity index (χ4n) is 2.82. The third-order valence-corrected chi connectivity index (χ3v) is 5.35. The second-order valence-corrected chi connectivity index (χ2v) is 7.49. The molecule has 1 aliphatic heterocycles. The third kappa shape index (κ3) is 3.64. The monoisotopic (exact) mass is 381 g/mol. The minimum absolute atomic E-state index is 0.0989. The van der Waals surface area contributed by atoms with Crippen LogP contribution in [-0.4, -0.2) is 27.5 Å². The zero-order valence-electron chi connectivity index (χ0n) is 15.0. The Hall–Kier alpha value is -2.93. The van der Waals surface area contributed by atoms with Crippen LogP contribution in [0.25, 0.3) is 5.69 Å². The van der Waals surface area contributed by atoms with Crippen molar-refractivity contribution < 1.29 is 14.3 Å². The highest BCUT2D eigenvalue weighted by atomic mass is 32.2. The van der Waals surface area contributed by atoms with Crippen LogP contribution in [0, 0.1) is 6.92 Å². The number of hydrogen-bond donors (Lipinski definition) is 1. The maximum Gasteiger partial charge on any atom is 0.237 e. The molecule has 0 fully saturated rings. The predicted octanol–water partition coefficient (Wildman–Crippen LogP) is 4.03. The number of fused-ring (bicyclic) bond motifs is 1. The number of carbonyl (C=O) groups is 1. The van der Waals surface area contributed by atoms with Gasteiger partial charge in [-0.3, -0.25) is 9.36 Å². The van der Waals surface area contributed by atoms with Crippen molar-refractivity contribution in [2.75, 3.05) is 12.1 Å². The molecule has 2 heterocycles. The highest BCUT2D eigenvalue weighted by molar-refractivity contribution is 8.00. The third-order valence-electron chi connectivity index (χ3n) is 4.27. The van der Waals surface area contributed by atoms with Gasteiger partial charge in [-0.05, 0) is 37.6 Å². The number of thioether (sulfide) groups is 1. The van der Waals surface area contributed by atoms with Crippen LogP contribution < -0.4 is 14.8 Å². The van der Waals surface area contributed by atoms with E-state index in [4.69, 9.17) is 9.47 Å². The van der Waals surface area contributed by atoms with Gasteiger partial charge in [0.15, 0.2) is 16.7 Å². The number of amides is 1. The number of para-hydroxylation sites is 1. The van der Waals surface area contributed by atoms with Gasteiger partial charge in [0, 0.05) is 24.1 Å². The molecule has 1 N–H and O–H groups in total. The van der Waals surface area contributed by atoms with Crippen molar-refractivity contribution in [2.24, 2.45) is 0 Å². The summed E-state index contributed by atoms with van der Waals surface area (Å²) in [5.74, 6) is 1.23. The van der Waals surface area contributed by atoms with Crippen molar-refractivity contribution in [1.29, 1.82) is 0 Å². The Morgan fingerprint density at radius 1 is 1.22 bits per heavy atom. The quantitative estimate of drug-likeness (QED) is 0.676. The van der Waals surface area contributed by atoms with Crippen molar-refractivity contribution in [3.05, 3.63) is 60.4 Å². The van der Waals surface area contributed by atoms with Gasteiger partial charge in [0.25, 0.3) is 0 Å². The lowest BCUT2D eigenvalue weighted by atomic mass is 10.2. The molecule has 1 unspecified atom stereocenters. The lowest BCUT2D eigenvalue weighted by molar-refractivity contribution is -0.115. The lowest BCUT2D eigenvalue weighted by Crippen LogP contribution is -2.22. The van der Waals surface area contributed by atoms with Gasteiger partial charge in [-0.2, -0.15) is 0 Å². The Labute approximate surface area is 161 Å². The number of nitrogens with one attached hydrogen (secondary N) is 1. The van der Waals surface area contributed by atoms with Crippen LogP contribution >= 0.6 is 11.8 Å². The number of benzene rings is 2. The average molecular weight is 381 g/mol. The largest absolute Gasteiger partial charge is 0.454 e. The highest BCUT2D eigenvalue weighted by Gasteiger charge is 2.20. The molecule has 1 amide bonds. The van der Waals surface area contributed by atoms with Crippen molar-refractivity contribution >= 4 is 23.4 Å². The number of ether oxygens (including phenoxy) is 2. The van der Waals surface area contributed by atoms with Crippen molar-refractivity contribution in [1.82, 2.24) is 9.55 Å². The second-order valence-electron chi connectivity index (χ2n) is 6.18. The Bertz CT molecular complexity index is 986. The van der Waals surface area contributed by atoms with Crippen LogP contribution in [-0.2, 0) is 4.79 Å². The summed E-state index contributed by atoms with van der Waals surface area (Å²) in [7, 11) is 0. The molecule has 3 aromatic rings. The van der Waals surface area contributed by atoms with E-state index in [-0.39, 0.29) is 18.0 Å². The van der Waals surface area contributed by atoms with Gasteiger partial charge in [0.05, 0.1) is 10.9 Å². The standard InChI is InChI=1S/C20H19N3O3S/c1-13-5-3-4-6-16(13)23-10-9-21-20(23)27-14(2)19(24)22-15-7-8-17-18(11-15)26-12-25-17/h3-11,14H,12H2,1-2H3,(H,22,24). The summed E-state index contributed by atoms with van der Waals surface area (Å²) < 4.78 is 12.6. The van der Waals surface area contributed by atoms with Crippen LogP contribution in [0.1, 0.15) is 12.5 Å². The molecule has 1 aliphatic rings. The predicted molar refractivity (Wildman–Crippen MR) is 105 cm³/mol. The number of anilines is 1. The molecule has 0 saturated carbocycles. The minimum atomic E-state index is -0.319. The molecule has 0 saturated heterocycles. The van der Waals surface area contributed by atoms with Gasteiger partial charge >= 0.3 is 0 Å². The summed E-state index contributed by atoms with van der Waals surface area (Å²) in [5, 5.41) is 3.38. The van der Waals surface area contributed by atoms with Crippen molar-refractivity contribution in [2.45, 2.75) is 24.3 Å². The van der Waals surface area contributed by atoms with E-state index in [1.807, 2.05) is 35.9 Å². The molecule has 1 aromatic heterocycles. The van der Waals surface area contributed by atoms with E-state index >= 15 is 0 Å². The summed E-state index contributed by atoms with van der Waals surface area (Å²) in [6.07, 6.45) is 3.66.